The van der Waals surface area contributed by atoms with Crippen molar-refractivity contribution in [2.24, 2.45) is 11.8 Å². The number of carbonyl (C=O) groups excluding carboxylic acids is 1. The van der Waals surface area contributed by atoms with Gasteiger partial charge in [0.2, 0.25) is 11.8 Å². The van der Waals surface area contributed by atoms with E-state index in [4.69, 9.17) is 9.84 Å². The molecule has 6 heteroatoms. The van der Waals surface area contributed by atoms with Gasteiger partial charge in [-0.1, -0.05) is 12.5 Å². The minimum atomic E-state index is -0.799. The van der Waals surface area contributed by atoms with Gasteiger partial charge in [0.1, 0.15) is 0 Å². The SMILES string of the molecule is COc1ccc(CNC(=O)C2CCCC(C(=O)O)C2)cn1. The Kier molecular flexibility index (Phi) is 5.14. The Bertz CT molecular complexity index is 501. The molecule has 0 spiro atoms. The molecule has 1 aromatic rings. The normalized spacial score (nSPS) is 21.6. The van der Waals surface area contributed by atoms with E-state index >= 15 is 0 Å². The standard InChI is InChI=1S/C15H20N2O4/c1-21-13-6-5-10(8-16-13)9-17-14(18)11-3-2-4-12(7-11)15(19)20/h5-6,8,11-12H,2-4,7,9H2,1H3,(H,17,18)(H,19,20). The van der Waals surface area contributed by atoms with Crippen LogP contribution in [0, 0.1) is 11.8 Å². The summed E-state index contributed by atoms with van der Waals surface area (Å²) < 4.78 is 4.97. The van der Waals surface area contributed by atoms with Crippen LogP contribution >= 0.6 is 0 Å². The van der Waals surface area contributed by atoms with E-state index < -0.39 is 11.9 Å². The highest BCUT2D eigenvalue weighted by Crippen LogP contribution is 2.29. The first kappa shape index (κ1) is 15.3. The van der Waals surface area contributed by atoms with Crippen molar-refractivity contribution in [1.82, 2.24) is 10.3 Å². The van der Waals surface area contributed by atoms with Crippen LogP contribution in [0.3, 0.4) is 0 Å². The molecule has 1 heterocycles. The third-order valence-electron chi connectivity index (χ3n) is 3.87. The van der Waals surface area contributed by atoms with Gasteiger partial charge >= 0.3 is 5.97 Å². The summed E-state index contributed by atoms with van der Waals surface area (Å²) in [5, 5.41) is 11.9. The molecule has 1 aromatic heterocycles. The number of nitrogens with one attached hydrogen (secondary N) is 1. The molecular formula is C15H20N2O4. The van der Waals surface area contributed by atoms with Crippen LogP contribution in [0.25, 0.3) is 0 Å². The van der Waals surface area contributed by atoms with Crippen molar-refractivity contribution in [3.63, 3.8) is 0 Å². The lowest BCUT2D eigenvalue weighted by Crippen LogP contribution is -2.35. The zero-order valence-electron chi connectivity index (χ0n) is 12.0. The lowest BCUT2D eigenvalue weighted by Gasteiger charge is -2.25. The molecule has 21 heavy (non-hydrogen) atoms. The highest BCUT2D eigenvalue weighted by Gasteiger charge is 2.30. The summed E-state index contributed by atoms with van der Waals surface area (Å²) in [7, 11) is 1.55. The van der Waals surface area contributed by atoms with Crippen molar-refractivity contribution >= 4 is 11.9 Å². The zero-order valence-corrected chi connectivity index (χ0v) is 12.0. The Labute approximate surface area is 123 Å². The maximum Gasteiger partial charge on any atom is 0.306 e. The van der Waals surface area contributed by atoms with E-state index in [1.807, 2.05) is 6.07 Å². The second-order valence-corrected chi connectivity index (χ2v) is 5.33. The number of amides is 1. The van der Waals surface area contributed by atoms with Gasteiger partial charge in [0, 0.05) is 24.7 Å². The summed E-state index contributed by atoms with van der Waals surface area (Å²) in [4.78, 5) is 27.2. The summed E-state index contributed by atoms with van der Waals surface area (Å²) in [6, 6.07) is 3.58. The number of aromatic nitrogens is 1. The van der Waals surface area contributed by atoms with E-state index in [1.54, 1.807) is 19.4 Å². The number of carbonyl (C=O) groups is 2. The number of methoxy groups -OCH3 is 1. The molecule has 0 aliphatic heterocycles. The molecule has 2 atom stereocenters. The number of ether oxygens (including phenoxy) is 1. The predicted molar refractivity (Wildman–Crippen MR) is 75.7 cm³/mol. The van der Waals surface area contributed by atoms with E-state index in [-0.39, 0.29) is 11.8 Å². The van der Waals surface area contributed by atoms with Gasteiger partial charge in [0.15, 0.2) is 0 Å². The average molecular weight is 292 g/mol. The first-order chi connectivity index (χ1) is 10.1. The molecule has 1 saturated carbocycles. The molecule has 6 nitrogen and oxygen atoms in total. The average Bonchev–Trinajstić information content (AvgIpc) is 2.53. The molecule has 0 aromatic carbocycles. The van der Waals surface area contributed by atoms with Crippen LogP contribution in [-0.4, -0.2) is 29.1 Å². The van der Waals surface area contributed by atoms with Crippen molar-refractivity contribution in [2.75, 3.05) is 7.11 Å². The number of hydrogen-bond acceptors (Lipinski definition) is 4. The number of carboxylic acid groups (broad SMARTS) is 1. The number of hydrogen-bond donors (Lipinski definition) is 2. The topological polar surface area (TPSA) is 88.5 Å². The fourth-order valence-electron chi connectivity index (χ4n) is 2.62. The van der Waals surface area contributed by atoms with Crippen LogP contribution in [0.1, 0.15) is 31.2 Å². The highest BCUT2D eigenvalue weighted by molar-refractivity contribution is 5.80. The Hall–Kier alpha value is -2.11. The number of rotatable bonds is 5. The van der Waals surface area contributed by atoms with Crippen LogP contribution in [0.5, 0.6) is 5.88 Å². The van der Waals surface area contributed by atoms with Crippen molar-refractivity contribution < 1.29 is 19.4 Å². The van der Waals surface area contributed by atoms with E-state index in [1.165, 1.54) is 0 Å². The van der Waals surface area contributed by atoms with Gasteiger partial charge in [-0.2, -0.15) is 0 Å². The molecule has 0 saturated heterocycles. The van der Waals surface area contributed by atoms with Crippen molar-refractivity contribution in [3.05, 3.63) is 23.9 Å². The maximum absolute atomic E-state index is 12.1. The highest BCUT2D eigenvalue weighted by atomic mass is 16.5. The minimum Gasteiger partial charge on any atom is -0.481 e. The van der Waals surface area contributed by atoms with Crippen molar-refractivity contribution in [2.45, 2.75) is 32.2 Å². The number of pyridine rings is 1. The third-order valence-corrected chi connectivity index (χ3v) is 3.87. The van der Waals surface area contributed by atoms with Crippen LogP contribution in [0.4, 0.5) is 0 Å². The molecular weight excluding hydrogens is 272 g/mol. The van der Waals surface area contributed by atoms with Gasteiger partial charge in [-0.25, -0.2) is 4.98 Å². The van der Waals surface area contributed by atoms with Gasteiger partial charge in [0.25, 0.3) is 0 Å². The molecule has 2 unspecified atom stereocenters. The second-order valence-electron chi connectivity index (χ2n) is 5.33. The van der Waals surface area contributed by atoms with E-state index in [0.29, 0.717) is 25.3 Å². The van der Waals surface area contributed by atoms with Gasteiger partial charge in [-0.15, -0.1) is 0 Å². The predicted octanol–water partition coefficient (Wildman–Crippen LogP) is 1.60. The van der Waals surface area contributed by atoms with Crippen molar-refractivity contribution in [3.8, 4) is 5.88 Å². The third kappa shape index (κ3) is 4.18. The van der Waals surface area contributed by atoms with Gasteiger partial charge in [-0.05, 0) is 24.8 Å². The molecule has 1 aliphatic rings. The van der Waals surface area contributed by atoms with E-state index in [9.17, 15) is 9.59 Å². The summed E-state index contributed by atoms with van der Waals surface area (Å²) in [5.41, 5.74) is 0.884. The second kappa shape index (κ2) is 7.06. The van der Waals surface area contributed by atoms with Crippen molar-refractivity contribution in [1.29, 1.82) is 0 Å². The zero-order chi connectivity index (χ0) is 15.2. The minimum absolute atomic E-state index is 0.0724. The van der Waals surface area contributed by atoms with Gasteiger partial charge in [-0.3, -0.25) is 9.59 Å². The Morgan fingerprint density at radius 3 is 2.76 bits per heavy atom. The molecule has 1 fully saturated rings. The first-order valence-corrected chi connectivity index (χ1v) is 7.09. The van der Waals surface area contributed by atoms with Crippen LogP contribution in [-0.2, 0) is 16.1 Å². The first-order valence-electron chi connectivity index (χ1n) is 7.09. The molecule has 2 N–H and O–H groups in total. The van der Waals surface area contributed by atoms with E-state index in [0.717, 1.165) is 18.4 Å². The molecule has 1 aliphatic carbocycles. The molecule has 1 amide bonds. The largest absolute Gasteiger partial charge is 0.481 e. The number of carboxylic acids is 1. The summed E-state index contributed by atoms with van der Waals surface area (Å²) >= 11 is 0. The molecule has 114 valence electrons. The van der Waals surface area contributed by atoms with Gasteiger partial charge < -0.3 is 15.2 Å². The fourth-order valence-corrected chi connectivity index (χ4v) is 2.62. The fraction of sp³-hybridized carbons (Fsp3) is 0.533. The number of aliphatic carboxylic acids is 1. The Morgan fingerprint density at radius 2 is 2.14 bits per heavy atom. The Balaban J connectivity index is 1.84. The van der Waals surface area contributed by atoms with Gasteiger partial charge in [0.05, 0.1) is 13.0 Å². The van der Waals surface area contributed by atoms with Crippen LogP contribution in [0.2, 0.25) is 0 Å². The number of nitrogens with zero attached hydrogens (tertiary/aromatic N) is 1. The molecule has 0 bridgehead atoms. The van der Waals surface area contributed by atoms with E-state index in [2.05, 4.69) is 10.3 Å². The maximum atomic E-state index is 12.1. The smallest absolute Gasteiger partial charge is 0.306 e. The van der Waals surface area contributed by atoms with Crippen LogP contribution in [0.15, 0.2) is 18.3 Å². The monoisotopic (exact) mass is 292 g/mol. The lowest BCUT2D eigenvalue weighted by atomic mass is 9.81. The molecule has 2 rings (SSSR count). The van der Waals surface area contributed by atoms with Crippen LogP contribution < -0.4 is 10.1 Å². The Morgan fingerprint density at radius 1 is 1.38 bits per heavy atom. The lowest BCUT2D eigenvalue weighted by molar-refractivity contribution is -0.144. The summed E-state index contributed by atoms with van der Waals surface area (Å²) in [6.45, 7) is 0.393. The summed E-state index contributed by atoms with van der Waals surface area (Å²) in [6.07, 6.45) is 4.30. The quantitative estimate of drug-likeness (QED) is 0.860. The summed E-state index contributed by atoms with van der Waals surface area (Å²) in [5.74, 6) is -0.937. The molecule has 0 radical (unpaired) electrons.